The number of sulfonamides is 1. The third-order valence-corrected chi connectivity index (χ3v) is 6.39. The van der Waals surface area contributed by atoms with Crippen LogP contribution in [0.3, 0.4) is 0 Å². The first-order chi connectivity index (χ1) is 13.0. The van der Waals surface area contributed by atoms with Gasteiger partial charge in [-0.3, -0.25) is 0 Å². The molecule has 140 valence electrons. The van der Waals surface area contributed by atoms with Gasteiger partial charge >= 0.3 is 0 Å². The molecule has 4 rings (SSSR count). The predicted octanol–water partition coefficient (Wildman–Crippen LogP) is 1.95. The van der Waals surface area contributed by atoms with E-state index in [0.29, 0.717) is 43.7 Å². The highest BCUT2D eigenvalue weighted by atomic mass is 32.2. The van der Waals surface area contributed by atoms with E-state index in [1.165, 1.54) is 4.31 Å². The Balaban J connectivity index is 1.47. The summed E-state index contributed by atoms with van der Waals surface area (Å²) in [5.74, 6) is 1.20. The van der Waals surface area contributed by atoms with Crippen LogP contribution in [0.15, 0.2) is 58.3 Å². The fourth-order valence-electron chi connectivity index (χ4n) is 3.03. The molecule has 1 fully saturated rings. The molecule has 1 aliphatic heterocycles. The molecule has 27 heavy (non-hydrogen) atoms. The third kappa shape index (κ3) is 3.56. The molecule has 0 unspecified atom stereocenters. The molecular formula is C18H19N5O3S. The lowest BCUT2D eigenvalue weighted by Gasteiger charge is -2.33. The summed E-state index contributed by atoms with van der Waals surface area (Å²) in [6, 6.07) is 8.48. The Hall–Kier alpha value is -2.78. The van der Waals surface area contributed by atoms with Gasteiger partial charge in [0.05, 0.1) is 4.90 Å². The molecule has 1 aromatic carbocycles. The smallest absolute Gasteiger partial charge is 0.243 e. The summed E-state index contributed by atoms with van der Waals surface area (Å²) < 4.78 is 32.6. The van der Waals surface area contributed by atoms with Crippen LogP contribution in [0.1, 0.15) is 5.89 Å². The molecule has 3 heterocycles. The van der Waals surface area contributed by atoms with Crippen LogP contribution in [0.4, 0.5) is 5.95 Å². The number of oxazole rings is 1. The van der Waals surface area contributed by atoms with Crippen LogP contribution in [-0.2, 0) is 10.0 Å². The fourth-order valence-corrected chi connectivity index (χ4v) is 4.45. The minimum absolute atomic E-state index is 0.274. The zero-order chi connectivity index (χ0) is 18.9. The number of hydrogen-bond acceptors (Lipinski definition) is 7. The number of aryl methyl sites for hydroxylation is 1. The molecule has 0 N–H and O–H groups in total. The van der Waals surface area contributed by atoms with Crippen molar-refractivity contribution < 1.29 is 12.8 Å². The van der Waals surface area contributed by atoms with E-state index in [2.05, 4.69) is 15.0 Å². The second-order valence-electron chi connectivity index (χ2n) is 6.22. The normalized spacial score (nSPS) is 15.8. The average Bonchev–Trinajstić information content (AvgIpc) is 3.15. The Bertz CT molecular complexity index is 1010. The molecule has 0 spiro atoms. The van der Waals surface area contributed by atoms with Crippen molar-refractivity contribution in [3.63, 3.8) is 0 Å². The summed E-state index contributed by atoms with van der Waals surface area (Å²) in [4.78, 5) is 15.0. The third-order valence-electron chi connectivity index (χ3n) is 4.48. The largest absolute Gasteiger partial charge is 0.449 e. The monoisotopic (exact) mass is 385 g/mol. The molecule has 0 bridgehead atoms. The van der Waals surface area contributed by atoms with Crippen LogP contribution in [0, 0.1) is 6.92 Å². The molecule has 1 saturated heterocycles. The van der Waals surface area contributed by atoms with E-state index >= 15 is 0 Å². The van der Waals surface area contributed by atoms with Gasteiger partial charge in [-0.05, 0) is 18.2 Å². The second kappa shape index (κ2) is 7.09. The van der Waals surface area contributed by atoms with Crippen LogP contribution < -0.4 is 4.90 Å². The first kappa shape index (κ1) is 17.6. The highest BCUT2D eigenvalue weighted by molar-refractivity contribution is 7.89. The maximum atomic E-state index is 12.9. The first-order valence-corrected chi connectivity index (χ1v) is 10.0. The Morgan fingerprint density at radius 2 is 1.67 bits per heavy atom. The van der Waals surface area contributed by atoms with Crippen molar-refractivity contribution in [3.8, 4) is 11.3 Å². The number of nitrogens with zero attached hydrogens (tertiary/aromatic N) is 5. The van der Waals surface area contributed by atoms with Crippen LogP contribution >= 0.6 is 0 Å². The SMILES string of the molecule is Cc1nc(-c2ccc(S(=O)(=O)N3CCN(c4ncccn4)CC3)cc2)co1. The van der Waals surface area contributed by atoms with Gasteiger partial charge in [-0.2, -0.15) is 4.31 Å². The maximum absolute atomic E-state index is 12.9. The topological polar surface area (TPSA) is 92.4 Å². The van der Waals surface area contributed by atoms with Crippen molar-refractivity contribution in [1.29, 1.82) is 0 Å². The minimum Gasteiger partial charge on any atom is -0.449 e. The number of piperazine rings is 1. The lowest BCUT2D eigenvalue weighted by atomic mass is 10.2. The van der Waals surface area contributed by atoms with E-state index in [1.807, 2.05) is 4.90 Å². The van der Waals surface area contributed by atoms with E-state index in [-0.39, 0.29) is 4.90 Å². The van der Waals surface area contributed by atoms with Gasteiger partial charge in [-0.1, -0.05) is 12.1 Å². The fraction of sp³-hybridized carbons (Fsp3) is 0.278. The van der Waals surface area contributed by atoms with Gasteiger partial charge in [0.1, 0.15) is 12.0 Å². The summed E-state index contributed by atoms with van der Waals surface area (Å²) in [7, 11) is -3.54. The van der Waals surface area contributed by atoms with Crippen LogP contribution in [0.5, 0.6) is 0 Å². The van der Waals surface area contributed by atoms with Crippen molar-refractivity contribution in [2.75, 3.05) is 31.1 Å². The Labute approximate surface area is 157 Å². The van der Waals surface area contributed by atoms with E-state index < -0.39 is 10.0 Å². The first-order valence-electron chi connectivity index (χ1n) is 8.59. The summed E-state index contributed by atoms with van der Waals surface area (Å²) in [6.07, 6.45) is 4.93. The molecule has 2 aromatic heterocycles. The second-order valence-corrected chi connectivity index (χ2v) is 8.15. The number of rotatable bonds is 4. The highest BCUT2D eigenvalue weighted by Crippen LogP contribution is 2.23. The van der Waals surface area contributed by atoms with Crippen molar-refractivity contribution in [1.82, 2.24) is 19.3 Å². The van der Waals surface area contributed by atoms with Crippen molar-refractivity contribution >= 4 is 16.0 Å². The van der Waals surface area contributed by atoms with Crippen LogP contribution in [-0.4, -0.2) is 53.9 Å². The van der Waals surface area contributed by atoms with Gasteiger partial charge < -0.3 is 9.32 Å². The van der Waals surface area contributed by atoms with E-state index in [0.717, 1.165) is 5.56 Å². The highest BCUT2D eigenvalue weighted by Gasteiger charge is 2.29. The zero-order valence-corrected chi connectivity index (χ0v) is 15.6. The standard InChI is InChI=1S/C18H19N5O3S/c1-14-21-17(13-26-14)15-3-5-16(6-4-15)27(24,25)23-11-9-22(10-12-23)18-19-7-2-8-20-18/h2-8,13H,9-12H2,1H3. The summed E-state index contributed by atoms with van der Waals surface area (Å²) in [5, 5.41) is 0. The van der Waals surface area contributed by atoms with E-state index in [4.69, 9.17) is 4.42 Å². The average molecular weight is 385 g/mol. The molecule has 0 radical (unpaired) electrons. The quantitative estimate of drug-likeness (QED) is 0.678. The number of aromatic nitrogens is 3. The van der Waals surface area contributed by atoms with Gasteiger partial charge in [0.2, 0.25) is 16.0 Å². The number of hydrogen-bond donors (Lipinski definition) is 0. The molecule has 0 atom stereocenters. The van der Waals surface area contributed by atoms with Crippen molar-refractivity contribution in [2.24, 2.45) is 0 Å². The molecule has 1 aliphatic rings. The Morgan fingerprint density at radius 1 is 1.00 bits per heavy atom. The van der Waals surface area contributed by atoms with Crippen molar-refractivity contribution in [2.45, 2.75) is 11.8 Å². The van der Waals surface area contributed by atoms with Gasteiger partial charge in [0.15, 0.2) is 5.89 Å². The number of benzene rings is 1. The van der Waals surface area contributed by atoms with E-state index in [1.54, 1.807) is 55.9 Å². The van der Waals surface area contributed by atoms with E-state index in [9.17, 15) is 8.42 Å². The molecule has 0 saturated carbocycles. The molecule has 0 amide bonds. The minimum atomic E-state index is -3.54. The van der Waals surface area contributed by atoms with Crippen molar-refractivity contribution in [3.05, 3.63) is 54.9 Å². The number of anilines is 1. The Kier molecular flexibility index (Phi) is 4.63. The Morgan fingerprint density at radius 3 is 2.26 bits per heavy atom. The molecule has 0 aliphatic carbocycles. The summed E-state index contributed by atoms with van der Waals surface area (Å²) in [6.45, 7) is 3.66. The van der Waals surface area contributed by atoms with Gasteiger partial charge in [0, 0.05) is 51.1 Å². The predicted molar refractivity (Wildman–Crippen MR) is 99.7 cm³/mol. The molecule has 8 nitrogen and oxygen atoms in total. The molecular weight excluding hydrogens is 366 g/mol. The zero-order valence-electron chi connectivity index (χ0n) is 14.8. The molecule has 3 aromatic rings. The van der Waals surface area contributed by atoms with Gasteiger partial charge in [0.25, 0.3) is 0 Å². The maximum Gasteiger partial charge on any atom is 0.243 e. The van der Waals surface area contributed by atoms with Crippen LogP contribution in [0.25, 0.3) is 11.3 Å². The summed E-state index contributed by atoms with van der Waals surface area (Å²) in [5.41, 5.74) is 1.50. The lowest BCUT2D eigenvalue weighted by molar-refractivity contribution is 0.382. The van der Waals surface area contributed by atoms with Gasteiger partial charge in [-0.25, -0.2) is 23.4 Å². The summed E-state index contributed by atoms with van der Waals surface area (Å²) >= 11 is 0. The van der Waals surface area contributed by atoms with Gasteiger partial charge in [-0.15, -0.1) is 0 Å². The molecule has 9 heteroatoms. The lowest BCUT2D eigenvalue weighted by Crippen LogP contribution is -2.49. The van der Waals surface area contributed by atoms with Crippen LogP contribution in [0.2, 0.25) is 0 Å².